The number of likely N-dealkylation sites (tertiary alicyclic amines) is 1. The largest absolute Gasteiger partial charge is 0.497 e. The van der Waals surface area contributed by atoms with Crippen LogP contribution >= 0.6 is 0 Å². The van der Waals surface area contributed by atoms with E-state index in [9.17, 15) is 18.0 Å². The van der Waals surface area contributed by atoms with Crippen LogP contribution in [0.25, 0.3) is 0 Å². The minimum Gasteiger partial charge on any atom is -0.497 e. The smallest absolute Gasteiger partial charge is 0.269 e. The molecular formula is C21H22N2O6S. The predicted molar refractivity (Wildman–Crippen MR) is 108 cm³/mol. The second-order valence-electron chi connectivity index (χ2n) is 7.17. The first-order valence-electron chi connectivity index (χ1n) is 9.56. The predicted octanol–water partition coefficient (Wildman–Crippen LogP) is 2.21. The molecule has 8 nitrogen and oxygen atoms in total. The average molecular weight is 430 g/mol. The van der Waals surface area contributed by atoms with Crippen molar-refractivity contribution < 1.29 is 27.5 Å². The highest BCUT2D eigenvalue weighted by molar-refractivity contribution is 7.90. The van der Waals surface area contributed by atoms with Gasteiger partial charge in [0.15, 0.2) is 0 Å². The fourth-order valence-corrected chi connectivity index (χ4v) is 5.61. The summed E-state index contributed by atoms with van der Waals surface area (Å²) in [6, 6.07) is 11.1. The molecule has 2 aromatic rings. The maximum absolute atomic E-state index is 13.1. The number of fused-ring (bicyclic) bond motifs is 1. The Morgan fingerprint density at radius 3 is 2.60 bits per heavy atom. The molecule has 0 radical (unpaired) electrons. The fourth-order valence-electron chi connectivity index (χ4n) is 4.09. The number of amides is 2. The lowest BCUT2D eigenvalue weighted by Crippen LogP contribution is -2.42. The summed E-state index contributed by atoms with van der Waals surface area (Å²) in [7, 11) is -0.919. The molecule has 0 spiro atoms. The molecule has 2 heterocycles. The molecule has 9 heteroatoms. The van der Waals surface area contributed by atoms with Crippen LogP contribution in [-0.4, -0.2) is 56.7 Å². The number of hydrogen-bond acceptors (Lipinski definition) is 6. The minimum atomic E-state index is -4.03. The first-order chi connectivity index (χ1) is 14.4. The van der Waals surface area contributed by atoms with E-state index >= 15 is 0 Å². The topological polar surface area (TPSA) is 93.2 Å². The van der Waals surface area contributed by atoms with Gasteiger partial charge in [-0.25, -0.2) is 12.7 Å². The Morgan fingerprint density at radius 2 is 1.90 bits per heavy atom. The molecule has 0 bridgehead atoms. The SMILES string of the molecule is COc1ccc(OC)c([C@H]2CCCN2C(=O)CN2C(=O)c3ccccc3S2(=O)=O)c1. The van der Waals surface area contributed by atoms with Crippen molar-refractivity contribution in [1.82, 2.24) is 9.21 Å². The van der Waals surface area contributed by atoms with Crippen molar-refractivity contribution in [3.8, 4) is 11.5 Å². The lowest BCUT2D eigenvalue weighted by atomic mass is 10.0. The molecule has 2 aromatic carbocycles. The zero-order valence-corrected chi connectivity index (χ0v) is 17.5. The number of nitrogens with zero attached hydrogens (tertiary/aromatic N) is 2. The van der Waals surface area contributed by atoms with Gasteiger partial charge in [0.1, 0.15) is 22.9 Å². The molecule has 0 unspecified atom stereocenters. The fraction of sp³-hybridized carbons (Fsp3) is 0.333. The van der Waals surface area contributed by atoms with Gasteiger partial charge in [-0.3, -0.25) is 9.59 Å². The normalized spacial score (nSPS) is 19.7. The standard InChI is InChI=1S/C21H22N2O6S/c1-28-14-9-10-18(29-2)16(12-14)17-7-5-11-22(17)20(24)13-23-21(25)15-6-3-4-8-19(15)30(23,26)27/h3-4,6,8-10,12,17H,5,7,11,13H2,1-2H3/t17-/m1/s1. The van der Waals surface area contributed by atoms with Crippen LogP contribution in [0.3, 0.4) is 0 Å². The highest BCUT2D eigenvalue weighted by Crippen LogP contribution is 2.39. The van der Waals surface area contributed by atoms with Gasteiger partial charge in [-0.15, -0.1) is 0 Å². The van der Waals surface area contributed by atoms with E-state index < -0.39 is 28.4 Å². The van der Waals surface area contributed by atoms with E-state index in [-0.39, 0.29) is 16.5 Å². The number of rotatable bonds is 5. The van der Waals surface area contributed by atoms with E-state index in [1.165, 1.54) is 12.1 Å². The summed E-state index contributed by atoms with van der Waals surface area (Å²) in [6.07, 6.45) is 1.47. The molecular weight excluding hydrogens is 408 g/mol. The van der Waals surface area contributed by atoms with Gasteiger partial charge in [-0.05, 0) is 43.2 Å². The van der Waals surface area contributed by atoms with Gasteiger partial charge in [0.05, 0.1) is 25.8 Å². The Labute approximate surface area is 175 Å². The molecule has 0 aliphatic carbocycles. The van der Waals surface area contributed by atoms with Crippen LogP contribution in [-0.2, 0) is 14.8 Å². The molecule has 0 N–H and O–H groups in total. The number of benzene rings is 2. The van der Waals surface area contributed by atoms with Crippen molar-refractivity contribution in [3.63, 3.8) is 0 Å². The summed E-state index contributed by atoms with van der Waals surface area (Å²) in [5, 5.41) is 0. The van der Waals surface area contributed by atoms with Crippen molar-refractivity contribution in [3.05, 3.63) is 53.6 Å². The quantitative estimate of drug-likeness (QED) is 0.722. The monoisotopic (exact) mass is 430 g/mol. The van der Waals surface area contributed by atoms with Crippen LogP contribution in [0.15, 0.2) is 47.4 Å². The minimum absolute atomic E-state index is 0.0600. The Balaban J connectivity index is 1.61. The zero-order valence-electron chi connectivity index (χ0n) is 16.7. The van der Waals surface area contributed by atoms with Gasteiger partial charge >= 0.3 is 0 Å². The maximum Gasteiger partial charge on any atom is 0.269 e. The van der Waals surface area contributed by atoms with E-state index in [4.69, 9.17) is 9.47 Å². The molecule has 0 saturated carbocycles. The Bertz CT molecular complexity index is 1110. The van der Waals surface area contributed by atoms with E-state index in [2.05, 4.69) is 0 Å². The molecule has 1 saturated heterocycles. The van der Waals surface area contributed by atoms with Gasteiger partial charge in [0, 0.05) is 12.1 Å². The molecule has 0 aromatic heterocycles. The first kappa shape index (κ1) is 20.2. The molecule has 4 rings (SSSR count). The second kappa shape index (κ2) is 7.64. The van der Waals surface area contributed by atoms with Crippen molar-refractivity contribution in [2.45, 2.75) is 23.8 Å². The van der Waals surface area contributed by atoms with Crippen molar-refractivity contribution in [2.75, 3.05) is 27.3 Å². The molecule has 1 fully saturated rings. The number of carbonyl (C=O) groups is 2. The summed E-state index contributed by atoms with van der Waals surface area (Å²) < 4.78 is 37.0. The summed E-state index contributed by atoms with van der Waals surface area (Å²) in [6.45, 7) is -0.0580. The average Bonchev–Trinajstić information content (AvgIpc) is 3.32. The molecule has 30 heavy (non-hydrogen) atoms. The van der Waals surface area contributed by atoms with Gasteiger partial charge in [-0.2, -0.15) is 0 Å². The molecule has 2 aliphatic rings. The second-order valence-corrected chi connectivity index (χ2v) is 9.00. The molecule has 2 aliphatic heterocycles. The summed E-state index contributed by atoms with van der Waals surface area (Å²) in [5.74, 6) is 0.163. The van der Waals surface area contributed by atoms with E-state index in [1.807, 2.05) is 6.07 Å². The number of hydrogen-bond donors (Lipinski definition) is 0. The van der Waals surface area contributed by atoms with E-state index in [1.54, 1.807) is 43.4 Å². The lowest BCUT2D eigenvalue weighted by Gasteiger charge is -2.28. The van der Waals surface area contributed by atoms with Crippen molar-refractivity contribution in [1.29, 1.82) is 0 Å². The number of methoxy groups -OCH3 is 2. The highest BCUT2D eigenvalue weighted by Gasteiger charge is 2.43. The van der Waals surface area contributed by atoms with E-state index in [0.717, 1.165) is 12.0 Å². The van der Waals surface area contributed by atoms with Crippen molar-refractivity contribution >= 4 is 21.8 Å². The Hall–Kier alpha value is -3.07. The molecule has 158 valence electrons. The van der Waals surface area contributed by atoms with E-state index in [0.29, 0.717) is 28.8 Å². The van der Waals surface area contributed by atoms with Gasteiger partial charge in [-0.1, -0.05) is 12.1 Å². The van der Waals surface area contributed by atoms with Crippen LogP contribution in [0.1, 0.15) is 34.8 Å². The number of carbonyl (C=O) groups excluding carboxylic acids is 2. The number of ether oxygens (including phenoxy) is 2. The summed E-state index contributed by atoms with van der Waals surface area (Å²) in [5.41, 5.74) is 0.888. The first-order valence-corrected chi connectivity index (χ1v) is 11.0. The van der Waals surface area contributed by atoms with Crippen LogP contribution < -0.4 is 9.47 Å². The zero-order chi connectivity index (χ0) is 21.5. The lowest BCUT2D eigenvalue weighted by molar-refractivity contribution is -0.132. The third-order valence-electron chi connectivity index (χ3n) is 5.56. The van der Waals surface area contributed by atoms with Crippen LogP contribution in [0.5, 0.6) is 11.5 Å². The van der Waals surface area contributed by atoms with Crippen LogP contribution in [0.4, 0.5) is 0 Å². The van der Waals surface area contributed by atoms with Crippen LogP contribution in [0.2, 0.25) is 0 Å². The van der Waals surface area contributed by atoms with Crippen LogP contribution in [0, 0.1) is 0 Å². The van der Waals surface area contributed by atoms with Crippen molar-refractivity contribution in [2.24, 2.45) is 0 Å². The van der Waals surface area contributed by atoms with Gasteiger partial charge in [0.25, 0.3) is 15.9 Å². The summed E-state index contributed by atoms with van der Waals surface area (Å²) >= 11 is 0. The molecule has 2 amide bonds. The Morgan fingerprint density at radius 1 is 1.13 bits per heavy atom. The highest BCUT2D eigenvalue weighted by atomic mass is 32.2. The third kappa shape index (κ3) is 3.19. The summed E-state index contributed by atoms with van der Waals surface area (Å²) in [4.78, 5) is 27.3. The molecule has 1 atom stereocenters. The maximum atomic E-state index is 13.1. The van der Waals surface area contributed by atoms with Gasteiger partial charge in [0.2, 0.25) is 5.91 Å². The number of sulfonamides is 1. The van der Waals surface area contributed by atoms with Gasteiger partial charge < -0.3 is 14.4 Å². The Kier molecular flexibility index (Phi) is 5.15. The third-order valence-corrected chi connectivity index (χ3v) is 7.35.